The SMILES string of the molecule is CC1(C)CC2(CCC(C)(CC#N)O2)C1. The highest BCUT2D eigenvalue weighted by molar-refractivity contribution is 5.08. The molecule has 2 heteroatoms. The molecule has 78 valence electrons. The number of hydrogen-bond acceptors (Lipinski definition) is 2. The van der Waals surface area contributed by atoms with E-state index >= 15 is 0 Å². The predicted octanol–water partition coefficient (Wildman–Crippen LogP) is 3.03. The zero-order valence-electron chi connectivity index (χ0n) is 9.39. The van der Waals surface area contributed by atoms with E-state index in [4.69, 9.17) is 10.00 Å². The first-order chi connectivity index (χ1) is 6.39. The van der Waals surface area contributed by atoms with Gasteiger partial charge in [-0.2, -0.15) is 5.26 Å². The van der Waals surface area contributed by atoms with E-state index in [0.29, 0.717) is 11.8 Å². The maximum atomic E-state index is 8.73. The standard InChI is InChI=1S/C12H19NO/c1-10(2)8-12(9-10)5-4-11(3,14-12)6-7-13/h4-6,8-9H2,1-3H3. The highest BCUT2D eigenvalue weighted by Gasteiger charge is 2.56. The van der Waals surface area contributed by atoms with Crippen LogP contribution in [0.1, 0.15) is 52.9 Å². The van der Waals surface area contributed by atoms with Crippen molar-refractivity contribution in [2.24, 2.45) is 5.41 Å². The Balaban J connectivity index is 2.00. The monoisotopic (exact) mass is 193 g/mol. The van der Waals surface area contributed by atoms with Crippen LogP contribution in [0.15, 0.2) is 0 Å². The highest BCUT2D eigenvalue weighted by Crippen LogP contribution is 2.58. The lowest BCUT2D eigenvalue weighted by Crippen LogP contribution is -2.50. The molecular formula is C12H19NO. The third kappa shape index (κ3) is 1.54. The lowest BCUT2D eigenvalue weighted by molar-refractivity contribution is -0.176. The van der Waals surface area contributed by atoms with Gasteiger partial charge in [-0.1, -0.05) is 13.8 Å². The molecule has 0 amide bonds. The molecule has 2 rings (SSSR count). The summed E-state index contributed by atoms with van der Waals surface area (Å²) in [4.78, 5) is 0. The smallest absolute Gasteiger partial charge is 0.0792 e. The number of hydrogen-bond donors (Lipinski definition) is 0. The molecule has 1 unspecified atom stereocenters. The van der Waals surface area contributed by atoms with Gasteiger partial charge in [-0.25, -0.2) is 0 Å². The van der Waals surface area contributed by atoms with Gasteiger partial charge in [-0.15, -0.1) is 0 Å². The van der Waals surface area contributed by atoms with Gasteiger partial charge in [0, 0.05) is 0 Å². The minimum Gasteiger partial charge on any atom is -0.368 e. The van der Waals surface area contributed by atoms with Crippen molar-refractivity contribution < 1.29 is 4.74 Å². The molecule has 2 fully saturated rings. The van der Waals surface area contributed by atoms with Crippen LogP contribution in [0.5, 0.6) is 0 Å². The van der Waals surface area contributed by atoms with Crippen LogP contribution in [0.3, 0.4) is 0 Å². The van der Waals surface area contributed by atoms with Gasteiger partial charge in [-0.3, -0.25) is 0 Å². The van der Waals surface area contributed by atoms with Crippen LogP contribution in [0.25, 0.3) is 0 Å². The van der Waals surface area contributed by atoms with Crippen LogP contribution in [0.2, 0.25) is 0 Å². The molecule has 0 aromatic carbocycles. The summed E-state index contributed by atoms with van der Waals surface area (Å²) in [5.74, 6) is 0. The number of nitriles is 1. The normalized spacial score (nSPS) is 37.9. The first-order valence-electron chi connectivity index (χ1n) is 5.46. The Kier molecular flexibility index (Phi) is 1.95. The third-order valence-corrected chi connectivity index (χ3v) is 3.63. The minimum atomic E-state index is -0.161. The molecule has 1 aliphatic heterocycles. The van der Waals surface area contributed by atoms with Crippen LogP contribution in [0.4, 0.5) is 0 Å². The van der Waals surface area contributed by atoms with Crippen molar-refractivity contribution in [1.82, 2.24) is 0 Å². The summed E-state index contributed by atoms with van der Waals surface area (Å²) in [5, 5.41) is 8.73. The number of ether oxygens (including phenoxy) is 1. The zero-order chi connectivity index (χ0) is 10.4. The summed E-state index contributed by atoms with van der Waals surface area (Å²) < 4.78 is 6.13. The first kappa shape index (κ1) is 9.98. The Bertz CT molecular complexity index is 281. The van der Waals surface area contributed by atoms with Crippen molar-refractivity contribution in [2.75, 3.05) is 0 Å². The quantitative estimate of drug-likeness (QED) is 0.641. The van der Waals surface area contributed by atoms with E-state index in [-0.39, 0.29) is 11.2 Å². The van der Waals surface area contributed by atoms with Gasteiger partial charge >= 0.3 is 0 Å². The fourth-order valence-corrected chi connectivity index (χ4v) is 3.35. The summed E-state index contributed by atoms with van der Waals surface area (Å²) in [7, 11) is 0. The summed E-state index contributed by atoms with van der Waals surface area (Å²) in [6.45, 7) is 6.67. The second-order valence-corrected chi connectivity index (χ2v) is 6.09. The second kappa shape index (κ2) is 2.73. The summed E-state index contributed by atoms with van der Waals surface area (Å²) in [5.41, 5.74) is 0.429. The number of nitrogens with zero attached hydrogens (tertiary/aromatic N) is 1. The molecule has 1 heterocycles. The molecule has 0 aromatic rings. The van der Waals surface area contributed by atoms with Crippen molar-refractivity contribution in [2.45, 2.75) is 64.1 Å². The Morgan fingerprint density at radius 1 is 1.21 bits per heavy atom. The van der Waals surface area contributed by atoms with Gasteiger partial charge in [0.15, 0.2) is 0 Å². The van der Waals surface area contributed by atoms with Gasteiger partial charge in [0.05, 0.1) is 23.7 Å². The fraction of sp³-hybridized carbons (Fsp3) is 0.917. The molecule has 0 bridgehead atoms. The van der Waals surface area contributed by atoms with Crippen LogP contribution in [0, 0.1) is 16.7 Å². The zero-order valence-corrected chi connectivity index (χ0v) is 9.39. The largest absolute Gasteiger partial charge is 0.368 e. The van der Waals surface area contributed by atoms with Crippen LogP contribution < -0.4 is 0 Å². The summed E-state index contributed by atoms with van der Waals surface area (Å²) >= 11 is 0. The molecule has 0 radical (unpaired) electrons. The molecular weight excluding hydrogens is 174 g/mol. The van der Waals surface area contributed by atoms with Crippen molar-refractivity contribution in [3.05, 3.63) is 0 Å². The average Bonchev–Trinajstić information content (AvgIpc) is 2.26. The topological polar surface area (TPSA) is 33.0 Å². The maximum Gasteiger partial charge on any atom is 0.0792 e. The molecule has 1 saturated carbocycles. The highest BCUT2D eigenvalue weighted by atomic mass is 16.5. The van der Waals surface area contributed by atoms with Gasteiger partial charge in [0.1, 0.15) is 0 Å². The Morgan fingerprint density at radius 3 is 2.36 bits per heavy atom. The van der Waals surface area contributed by atoms with E-state index in [1.807, 2.05) is 0 Å². The van der Waals surface area contributed by atoms with Crippen molar-refractivity contribution in [1.29, 1.82) is 5.26 Å². The van der Waals surface area contributed by atoms with E-state index in [0.717, 1.165) is 12.8 Å². The van der Waals surface area contributed by atoms with Crippen molar-refractivity contribution in [3.8, 4) is 6.07 Å². The van der Waals surface area contributed by atoms with E-state index < -0.39 is 0 Å². The molecule has 2 nitrogen and oxygen atoms in total. The predicted molar refractivity (Wildman–Crippen MR) is 54.7 cm³/mol. The van der Waals surface area contributed by atoms with E-state index in [9.17, 15) is 0 Å². The third-order valence-electron chi connectivity index (χ3n) is 3.63. The summed E-state index contributed by atoms with van der Waals surface area (Å²) in [6, 6.07) is 2.23. The summed E-state index contributed by atoms with van der Waals surface area (Å²) in [6.07, 6.45) is 5.07. The Labute approximate surface area is 86.2 Å². The average molecular weight is 193 g/mol. The first-order valence-corrected chi connectivity index (χ1v) is 5.46. The van der Waals surface area contributed by atoms with Gasteiger partial charge in [0.2, 0.25) is 0 Å². The van der Waals surface area contributed by atoms with Crippen LogP contribution in [-0.4, -0.2) is 11.2 Å². The van der Waals surface area contributed by atoms with E-state index in [1.54, 1.807) is 0 Å². The van der Waals surface area contributed by atoms with Gasteiger partial charge < -0.3 is 4.74 Å². The minimum absolute atomic E-state index is 0.134. The molecule has 1 atom stereocenters. The van der Waals surface area contributed by atoms with Crippen LogP contribution in [-0.2, 0) is 4.74 Å². The molecule has 14 heavy (non-hydrogen) atoms. The Morgan fingerprint density at radius 2 is 1.86 bits per heavy atom. The number of rotatable bonds is 1. The van der Waals surface area contributed by atoms with Crippen molar-refractivity contribution >= 4 is 0 Å². The lowest BCUT2D eigenvalue weighted by atomic mass is 9.60. The molecule has 1 spiro atoms. The maximum absolute atomic E-state index is 8.73. The lowest BCUT2D eigenvalue weighted by Gasteiger charge is -2.51. The molecule has 1 saturated heterocycles. The second-order valence-electron chi connectivity index (χ2n) is 6.09. The van der Waals surface area contributed by atoms with Gasteiger partial charge in [-0.05, 0) is 38.0 Å². The fourth-order valence-electron chi connectivity index (χ4n) is 3.35. The van der Waals surface area contributed by atoms with E-state index in [2.05, 4.69) is 26.8 Å². The molecule has 1 aliphatic carbocycles. The van der Waals surface area contributed by atoms with Crippen LogP contribution >= 0.6 is 0 Å². The molecule has 0 aromatic heterocycles. The molecule has 0 N–H and O–H groups in total. The molecule has 2 aliphatic rings. The van der Waals surface area contributed by atoms with E-state index in [1.165, 1.54) is 12.8 Å². The van der Waals surface area contributed by atoms with Crippen molar-refractivity contribution in [3.63, 3.8) is 0 Å². The Hall–Kier alpha value is -0.550. The van der Waals surface area contributed by atoms with Gasteiger partial charge in [0.25, 0.3) is 0 Å².